The first-order chi connectivity index (χ1) is 6.79. The summed E-state index contributed by atoms with van der Waals surface area (Å²) in [7, 11) is 0. The van der Waals surface area contributed by atoms with Gasteiger partial charge in [-0.3, -0.25) is 0 Å². The number of thiophene rings is 1. The predicted molar refractivity (Wildman–Crippen MR) is 52.8 cm³/mol. The molecule has 14 heavy (non-hydrogen) atoms. The SMILES string of the molecule is Nc1ccc(-c2nc(CCO)no2)s1. The molecule has 2 aromatic rings. The Morgan fingerprint density at radius 2 is 2.36 bits per heavy atom. The molecule has 0 radical (unpaired) electrons. The second-order valence-electron chi connectivity index (χ2n) is 2.69. The number of anilines is 1. The molecule has 5 nitrogen and oxygen atoms in total. The van der Waals surface area contributed by atoms with Crippen molar-refractivity contribution in [3.05, 3.63) is 18.0 Å². The molecule has 0 aliphatic rings. The highest BCUT2D eigenvalue weighted by atomic mass is 32.1. The number of aliphatic hydroxyl groups is 1. The number of nitrogen functional groups attached to an aromatic ring is 1. The van der Waals surface area contributed by atoms with E-state index in [0.29, 0.717) is 23.1 Å². The molecule has 2 rings (SSSR count). The van der Waals surface area contributed by atoms with Crippen LogP contribution in [-0.4, -0.2) is 21.9 Å². The van der Waals surface area contributed by atoms with Crippen molar-refractivity contribution in [1.29, 1.82) is 0 Å². The van der Waals surface area contributed by atoms with Crippen LogP contribution in [0.2, 0.25) is 0 Å². The Balaban J connectivity index is 2.24. The average molecular weight is 211 g/mol. The van der Waals surface area contributed by atoms with E-state index >= 15 is 0 Å². The fourth-order valence-corrected chi connectivity index (χ4v) is 1.72. The molecule has 6 heteroatoms. The smallest absolute Gasteiger partial charge is 0.268 e. The van der Waals surface area contributed by atoms with E-state index in [2.05, 4.69) is 10.1 Å². The van der Waals surface area contributed by atoms with Crippen molar-refractivity contribution in [3.63, 3.8) is 0 Å². The molecule has 0 amide bonds. The molecule has 3 N–H and O–H groups in total. The predicted octanol–water partition coefficient (Wildman–Crippen LogP) is 0.915. The Kier molecular flexibility index (Phi) is 2.47. The first kappa shape index (κ1) is 9.17. The molecule has 0 aliphatic carbocycles. The average Bonchev–Trinajstić information content (AvgIpc) is 2.74. The second-order valence-corrected chi connectivity index (χ2v) is 3.81. The first-order valence-electron chi connectivity index (χ1n) is 4.08. The lowest BCUT2D eigenvalue weighted by Gasteiger charge is -1.84. The van der Waals surface area contributed by atoms with E-state index in [9.17, 15) is 0 Å². The quantitative estimate of drug-likeness (QED) is 0.788. The molecule has 2 aromatic heterocycles. The van der Waals surface area contributed by atoms with E-state index in [0.717, 1.165) is 4.88 Å². The number of nitrogens with two attached hydrogens (primary N) is 1. The molecule has 0 saturated heterocycles. The number of aromatic nitrogens is 2. The van der Waals surface area contributed by atoms with Crippen molar-refractivity contribution >= 4 is 16.3 Å². The highest BCUT2D eigenvalue weighted by Crippen LogP contribution is 2.27. The molecule has 0 saturated carbocycles. The minimum atomic E-state index is 0.0194. The van der Waals surface area contributed by atoms with Gasteiger partial charge in [-0.05, 0) is 12.1 Å². The normalized spacial score (nSPS) is 10.6. The van der Waals surface area contributed by atoms with Gasteiger partial charge < -0.3 is 15.4 Å². The highest BCUT2D eigenvalue weighted by Gasteiger charge is 2.09. The molecule has 0 bridgehead atoms. The summed E-state index contributed by atoms with van der Waals surface area (Å²) in [5, 5.41) is 13.1. The summed E-state index contributed by atoms with van der Waals surface area (Å²) >= 11 is 1.39. The molecule has 0 spiro atoms. The standard InChI is InChI=1S/C8H9N3O2S/c9-6-2-1-5(14-6)8-10-7(3-4-12)11-13-8/h1-2,12H,3-4,9H2. The lowest BCUT2D eigenvalue weighted by molar-refractivity contribution is 0.293. The fourth-order valence-electron chi connectivity index (χ4n) is 1.02. The van der Waals surface area contributed by atoms with Gasteiger partial charge in [-0.25, -0.2) is 0 Å². The number of aliphatic hydroxyl groups excluding tert-OH is 1. The van der Waals surface area contributed by atoms with Gasteiger partial charge in [0, 0.05) is 6.42 Å². The van der Waals surface area contributed by atoms with Crippen LogP contribution in [0.4, 0.5) is 5.00 Å². The molecule has 74 valence electrons. The summed E-state index contributed by atoms with van der Waals surface area (Å²) in [4.78, 5) is 4.95. The lowest BCUT2D eigenvalue weighted by Crippen LogP contribution is -1.92. The lowest BCUT2D eigenvalue weighted by atomic mass is 10.4. The summed E-state index contributed by atoms with van der Waals surface area (Å²) in [6.45, 7) is 0.0194. The minimum absolute atomic E-state index is 0.0194. The molecule has 0 fully saturated rings. The highest BCUT2D eigenvalue weighted by molar-refractivity contribution is 7.19. The third-order valence-electron chi connectivity index (χ3n) is 1.64. The number of nitrogens with zero attached hydrogens (tertiary/aromatic N) is 2. The van der Waals surface area contributed by atoms with Gasteiger partial charge in [0.1, 0.15) is 0 Å². The van der Waals surface area contributed by atoms with Crippen molar-refractivity contribution < 1.29 is 9.63 Å². The van der Waals surface area contributed by atoms with Crippen molar-refractivity contribution in [2.75, 3.05) is 12.3 Å². The van der Waals surface area contributed by atoms with Crippen LogP contribution >= 0.6 is 11.3 Å². The zero-order valence-corrected chi connectivity index (χ0v) is 8.12. The van der Waals surface area contributed by atoms with Crippen LogP contribution in [0.3, 0.4) is 0 Å². The largest absolute Gasteiger partial charge is 0.396 e. The van der Waals surface area contributed by atoms with Crippen LogP contribution in [0.15, 0.2) is 16.7 Å². The molecular weight excluding hydrogens is 202 g/mol. The summed E-state index contributed by atoms with van der Waals surface area (Å²) in [5.74, 6) is 0.963. The molecule has 0 aromatic carbocycles. The van der Waals surface area contributed by atoms with E-state index in [4.69, 9.17) is 15.4 Å². The Morgan fingerprint density at radius 3 is 3.00 bits per heavy atom. The van der Waals surface area contributed by atoms with Crippen LogP contribution in [0.1, 0.15) is 5.82 Å². The Labute approximate surface area is 84.2 Å². The van der Waals surface area contributed by atoms with Gasteiger partial charge in [0.05, 0.1) is 16.5 Å². The number of hydrogen-bond donors (Lipinski definition) is 2. The second kappa shape index (κ2) is 3.77. The molecule has 0 aliphatic heterocycles. The van der Waals surface area contributed by atoms with E-state index in [-0.39, 0.29) is 6.61 Å². The Bertz CT molecular complexity index is 424. The zero-order valence-electron chi connectivity index (χ0n) is 7.30. The van der Waals surface area contributed by atoms with Gasteiger partial charge in [0.25, 0.3) is 5.89 Å². The zero-order chi connectivity index (χ0) is 9.97. The van der Waals surface area contributed by atoms with Gasteiger partial charge in [0.2, 0.25) is 0 Å². The van der Waals surface area contributed by atoms with Gasteiger partial charge in [-0.2, -0.15) is 4.98 Å². The van der Waals surface area contributed by atoms with E-state index in [1.807, 2.05) is 6.07 Å². The van der Waals surface area contributed by atoms with Crippen LogP contribution < -0.4 is 5.73 Å². The van der Waals surface area contributed by atoms with Crippen molar-refractivity contribution in [2.45, 2.75) is 6.42 Å². The maximum absolute atomic E-state index is 8.66. The minimum Gasteiger partial charge on any atom is -0.396 e. The monoisotopic (exact) mass is 211 g/mol. The van der Waals surface area contributed by atoms with Crippen LogP contribution in [-0.2, 0) is 6.42 Å². The molecular formula is C8H9N3O2S. The molecule has 2 heterocycles. The van der Waals surface area contributed by atoms with Crippen molar-refractivity contribution in [3.8, 4) is 10.8 Å². The summed E-state index contributed by atoms with van der Waals surface area (Å²) < 4.78 is 5.00. The fraction of sp³-hybridized carbons (Fsp3) is 0.250. The molecule has 0 atom stereocenters. The first-order valence-corrected chi connectivity index (χ1v) is 4.90. The number of rotatable bonds is 3. The maximum Gasteiger partial charge on any atom is 0.268 e. The van der Waals surface area contributed by atoms with Crippen molar-refractivity contribution in [2.24, 2.45) is 0 Å². The van der Waals surface area contributed by atoms with Gasteiger partial charge in [-0.15, -0.1) is 11.3 Å². The van der Waals surface area contributed by atoms with Crippen LogP contribution in [0.5, 0.6) is 0 Å². The molecule has 0 unspecified atom stereocenters. The van der Waals surface area contributed by atoms with Gasteiger partial charge >= 0.3 is 0 Å². The third kappa shape index (κ3) is 1.75. The van der Waals surface area contributed by atoms with E-state index in [1.165, 1.54) is 11.3 Å². The van der Waals surface area contributed by atoms with Gasteiger partial charge in [-0.1, -0.05) is 5.16 Å². The Morgan fingerprint density at radius 1 is 1.50 bits per heavy atom. The van der Waals surface area contributed by atoms with E-state index in [1.54, 1.807) is 6.07 Å². The van der Waals surface area contributed by atoms with Crippen LogP contribution in [0, 0.1) is 0 Å². The maximum atomic E-state index is 8.66. The topological polar surface area (TPSA) is 85.2 Å². The van der Waals surface area contributed by atoms with E-state index < -0.39 is 0 Å². The number of hydrogen-bond acceptors (Lipinski definition) is 6. The third-order valence-corrected chi connectivity index (χ3v) is 2.54. The summed E-state index contributed by atoms with van der Waals surface area (Å²) in [6.07, 6.45) is 0.407. The van der Waals surface area contributed by atoms with Crippen molar-refractivity contribution in [1.82, 2.24) is 10.1 Å². The summed E-state index contributed by atoms with van der Waals surface area (Å²) in [5.41, 5.74) is 5.57. The van der Waals surface area contributed by atoms with Crippen LogP contribution in [0.25, 0.3) is 10.8 Å². The Hall–Kier alpha value is -1.40. The summed E-state index contributed by atoms with van der Waals surface area (Å²) in [6, 6.07) is 3.62. The van der Waals surface area contributed by atoms with Gasteiger partial charge in [0.15, 0.2) is 5.82 Å².